The number of rotatable bonds is 2. The number of carbonyl (C=O) groups excluding carboxylic acids is 1. The minimum atomic E-state index is -0.0848. The molecule has 26 heavy (non-hydrogen) atoms. The number of urea groups is 1. The lowest BCUT2D eigenvalue weighted by Gasteiger charge is -2.36. The van der Waals surface area contributed by atoms with Crippen LogP contribution in [0.2, 0.25) is 0 Å². The molecule has 1 aromatic carbocycles. The minimum Gasteiger partial charge on any atom is -0.381 e. The molecule has 3 heterocycles. The van der Waals surface area contributed by atoms with Crippen molar-refractivity contribution in [3.63, 3.8) is 0 Å². The zero-order valence-electron chi connectivity index (χ0n) is 15.2. The number of aromatic nitrogens is 2. The summed E-state index contributed by atoms with van der Waals surface area (Å²) in [6, 6.07) is 7.74. The highest BCUT2D eigenvalue weighted by Crippen LogP contribution is 2.49. The molecule has 1 spiro atoms. The van der Waals surface area contributed by atoms with Crippen LogP contribution >= 0.6 is 0 Å². The van der Waals surface area contributed by atoms with E-state index < -0.39 is 0 Å². The first-order valence-electron chi connectivity index (χ1n) is 9.06. The Hall–Kier alpha value is -2.41. The van der Waals surface area contributed by atoms with Crippen molar-refractivity contribution < 1.29 is 14.1 Å². The highest BCUT2D eigenvalue weighted by Gasteiger charge is 2.51. The van der Waals surface area contributed by atoms with Crippen molar-refractivity contribution in [1.29, 1.82) is 0 Å². The predicted molar refractivity (Wildman–Crippen MR) is 96.0 cm³/mol. The van der Waals surface area contributed by atoms with Crippen LogP contribution in [0.5, 0.6) is 0 Å². The highest BCUT2D eigenvalue weighted by atomic mass is 16.5. The van der Waals surface area contributed by atoms with E-state index in [-0.39, 0.29) is 17.4 Å². The molecule has 0 aliphatic carbocycles. The van der Waals surface area contributed by atoms with Crippen LogP contribution < -0.4 is 5.32 Å². The van der Waals surface area contributed by atoms with E-state index in [1.165, 1.54) is 0 Å². The van der Waals surface area contributed by atoms with Gasteiger partial charge in [-0.3, -0.25) is 0 Å². The van der Waals surface area contributed by atoms with E-state index in [1.807, 2.05) is 43.0 Å². The SMILES string of the molecule is Cc1ccc(NC(=O)N2C[C@H](c3nc(C)no3)C3(CCOCC3)C2)cc1. The Balaban J connectivity index is 1.54. The Bertz CT molecular complexity index is 780. The van der Waals surface area contributed by atoms with Crippen molar-refractivity contribution in [3.05, 3.63) is 41.5 Å². The Labute approximate surface area is 152 Å². The van der Waals surface area contributed by atoms with Gasteiger partial charge in [0.1, 0.15) is 0 Å². The molecule has 2 fully saturated rings. The molecule has 0 unspecified atom stereocenters. The minimum absolute atomic E-state index is 0.0522. The average Bonchev–Trinajstić information content (AvgIpc) is 3.22. The summed E-state index contributed by atoms with van der Waals surface area (Å²) in [4.78, 5) is 19.1. The van der Waals surface area contributed by atoms with Crippen molar-refractivity contribution in [2.75, 3.05) is 31.6 Å². The van der Waals surface area contributed by atoms with Crippen LogP contribution in [0.25, 0.3) is 0 Å². The third-order valence-corrected chi connectivity index (χ3v) is 5.57. The van der Waals surface area contributed by atoms with Gasteiger partial charge in [0.15, 0.2) is 5.82 Å². The summed E-state index contributed by atoms with van der Waals surface area (Å²) in [5, 5.41) is 6.95. The van der Waals surface area contributed by atoms with Gasteiger partial charge in [0, 0.05) is 37.4 Å². The molecular weight excluding hydrogens is 332 g/mol. The van der Waals surface area contributed by atoms with Crippen LogP contribution in [-0.2, 0) is 4.74 Å². The van der Waals surface area contributed by atoms with E-state index >= 15 is 0 Å². The van der Waals surface area contributed by atoms with Gasteiger partial charge >= 0.3 is 6.03 Å². The van der Waals surface area contributed by atoms with E-state index in [1.54, 1.807) is 0 Å². The van der Waals surface area contributed by atoms with Crippen LogP contribution in [0, 0.1) is 19.3 Å². The van der Waals surface area contributed by atoms with Crippen molar-refractivity contribution >= 4 is 11.7 Å². The second kappa shape index (κ2) is 6.72. The Kier molecular flexibility index (Phi) is 4.40. The number of aryl methyl sites for hydroxylation is 2. The molecular formula is C19H24N4O3. The lowest BCUT2D eigenvalue weighted by Crippen LogP contribution is -2.38. The van der Waals surface area contributed by atoms with Crippen LogP contribution in [-0.4, -0.2) is 47.4 Å². The van der Waals surface area contributed by atoms with E-state index in [2.05, 4.69) is 15.5 Å². The summed E-state index contributed by atoms with van der Waals surface area (Å²) in [6.45, 7) is 6.52. The normalized spacial score (nSPS) is 21.9. The largest absolute Gasteiger partial charge is 0.381 e. The molecule has 2 saturated heterocycles. The maximum absolute atomic E-state index is 12.8. The average molecular weight is 356 g/mol. The fourth-order valence-electron chi connectivity index (χ4n) is 4.04. The van der Waals surface area contributed by atoms with Gasteiger partial charge in [0.05, 0.1) is 5.92 Å². The zero-order chi connectivity index (χ0) is 18.1. The Morgan fingerprint density at radius 3 is 2.62 bits per heavy atom. The van der Waals surface area contributed by atoms with Crippen molar-refractivity contribution in [2.45, 2.75) is 32.6 Å². The Morgan fingerprint density at radius 2 is 1.96 bits per heavy atom. The lowest BCUT2D eigenvalue weighted by atomic mass is 9.72. The van der Waals surface area contributed by atoms with Gasteiger partial charge in [-0.25, -0.2) is 4.79 Å². The topological polar surface area (TPSA) is 80.5 Å². The Morgan fingerprint density at radius 1 is 1.23 bits per heavy atom. The number of hydrogen-bond donors (Lipinski definition) is 1. The predicted octanol–water partition coefficient (Wildman–Crippen LogP) is 3.11. The van der Waals surface area contributed by atoms with Gasteiger partial charge in [-0.05, 0) is 38.8 Å². The molecule has 2 aromatic rings. The fraction of sp³-hybridized carbons (Fsp3) is 0.526. The fourth-order valence-corrected chi connectivity index (χ4v) is 4.04. The van der Waals surface area contributed by atoms with Crippen LogP contribution in [0.4, 0.5) is 10.5 Å². The molecule has 138 valence electrons. The third-order valence-electron chi connectivity index (χ3n) is 5.57. The second-order valence-electron chi connectivity index (χ2n) is 7.38. The van der Waals surface area contributed by atoms with Crippen molar-refractivity contribution in [1.82, 2.24) is 15.0 Å². The van der Waals surface area contributed by atoms with E-state index in [0.29, 0.717) is 38.0 Å². The molecule has 1 N–H and O–H groups in total. The first kappa shape index (κ1) is 17.0. The van der Waals surface area contributed by atoms with E-state index in [4.69, 9.17) is 9.26 Å². The standard InChI is InChI=1S/C19H24N4O3/c1-13-3-5-15(6-4-13)21-18(24)23-11-16(17-20-14(2)22-26-17)19(12-23)7-9-25-10-8-19/h3-6,16H,7-12H2,1-2H3,(H,21,24)/t16-/m1/s1. The maximum Gasteiger partial charge on any atom is 0.321 e. The number of nitrogens with zero attached hydrogens (tertiary/aromatic N) is 3. The molecule has 4 rings (SSSR count). The molecule has 1 atom stereocenters. The molecule has 2 aliphatic rings. The first-order valence-corrected chi connectivity index (χ1v) is 9.06. The first-order chi connectivity index (χ1) is 12.6. The smallest absolute Gasteiger partial charge is 0.321 e. The number of benzene rings is 1. The quantitative estimate of drug-likeness (QED) is 0.894. The lowest BCUT2D eigenvalue weighted by molar-refractivity contribution is 0.00959. The number of hydrogen-bond acceptors (Lipinski definition) is 5. The molecule has 0 saturated carbocycles. The van der Waals surface area contributed by atoms with Crippen molar-refractivity contribution in [2.24, 2.45) is 5.41 Å². The summed E-state index contributed by atoms with van der Waals surface area (Å²) >= 11 is 0. The highest BCUT2D eigenvalue weighted by molar-refractivity contribution is 5.89. The molecule has 0 radical (unpaired) electrons. The van der Waals surface area contributed by atoms with Gasteiger partial charge in [-0.2, -0.15) is 4.98 Å². The zero-order valence-corrected chi connectivity index (χ0v) is 15.2. The molecule has 2 amide bonds. The molecule has 7 nitrogen and oxygen atoms in total. The van der Waals surface area contributed by atoms with Crippen molar-refractivity contribution in [3.8, 4) is 0 Å². The summed E-state index contributed by atoms with van der Waals surface area (Å²) < 4.78 is 11.0. The van der Waals surface area contributed by atoms with Crippen LogP contribution in [0.15, 0.2) is 28.8 Å². The summed E-state index contributed by atoms with van der Waals surface area (Å²) in [5.74, 6) is 1.32. The van der Waals surface area contributed by atoms with Gasteiger partial charge in [0.2, 0.25) is 5.89 Å². The summed E-state index contributed by atoms with van der Waals surface area (Å²) in [5.41, 5.74) is 1.91. The second-order valence-corrected chi connectivity index (χ2v) is 7.38. The number of nitrogens with one attached hydrogen (secondary N) is 1. The van der Waals surface area contributed by atoms with E-state index in [9.17, 15) is 4.79 Å². The van der Waals surface area contributed by atoms with Crippen LogP contribution in [0.1, 0.15) is 36.0 Å². The third kappa shape index (κ3) is 3.19. The molecule has 2 aliphatic heterocycles. The number of amides is 2. The van der Waals surface area contributed by atoms with Gasteiger partial charge in [-0.1, -0.05) is 22.9 Å². The summed E-state index contributed by atoms with van der Waals surface area (Å²) in [6.07, 6.45) is 1.79. The summed E-state index contributed by atoms with van der Waals surface area (Å²) in [7, 11) is 0. The van der Waals surface area contributed by atoms with Crippen LogP contribution in [0.3, 0.4) is 0 Å². The number of likely N-dealkylation sites (tertiary alicyclic amines) is 1. The van der Waals surface area contributed by atoms with E-state index in [0.717, 1.165) is 24.1 Å². The molecule has 7 heteroatoms. The monoisotopic (exact) mass is 356 g/mol. The number of anilines is 1. The molecule has 1 aromatic heterocycles. The maximum atomic E-state index is 12.8. The number of carbonyl (C=O) groups is 1. The van der Waals surface area contributed by atoms with Gasteiger partial charge in [0.25, 0.3) is 0 Å². The van der Waals surface area contributed by atoms with Gasteiger partial charge < -0.3 is 19.5 Å². The van der Waals surface area contributed by atoms with Gasteiger partial charge in [-0.15, -0.1) is 0 Å². The number of ether oxygens (including phenoxy) is 1. The molecule has 0 bridgehead atoms.